The zero-order valence-corrected chi connectivity index (χ0v) is 9.41. The van der Waals surface area contributed by atoms with Crippen molar-refractivity contribution in [1.29, 1.82) is 0 Å². The van der Waals surface area contributed by atoms with Crippen molar-refractivity contribution in [3.63, 3.8) is 0 Å². The summed E-state index contributed by atoms with van der Waals surface area (Å²) in [6, 6.07) is 12.7. The molecule has 0 spiro atoms. The fourth-order valence-corrected chi connectivity index (χ4v) is 1.70. The number of halogens is 3. The first-order valence-electron chi connectivity index (χ1n) is 5.39. The Balaban J connectivity index is 2.20. The van der Waals surface area contributed by atoms with Crippen LogP contribution in [0.15, 0.2) is 48.5 Å². The van der Waals surface area contributed by atoms with E-state index in [1.807, 2.05) is 0 Å². The molecule has 0 fully saturated rings. The summed E-state index contributed by atoms with van der Waals surface area (Å²) in [4.78, 5) is 0. The van der Waals surface area contributed by atoms with Crippen molar-refractivity contribution in [3.8, 4) is 16.9 Å². The summed E-state index contributed by atoms with van der Waals surface area (Å²) in [7, 11) is 0. The molecule has 2 rings (SSSR count). The number of rotatable bonds is 2. The van der Waals surface area contributed by atoms with E-state index in [2.05, 4.69) is 0 Å². The highest BCUT2D eigenvalue weighted by Gasteiger charge is 2.27. The van der Waals surface area contributed by atoms with E-state index >= 15 is 0 Å². The van der Waals surface area contributed by atoms with Crippen LogP contribution in [-0.4, -0.2) is 11.3 Å². The van der Waals surface area contributed by atoms with E-state index in [4.69, 9.17) is 5.11 Å². The Hall–Kier alpha value is -1.97. The van der Waals surface area contributed by atoms with Gasteiger partial charge in [-0.15, -0.1) is 0 Å². The fraction of sp³-hybridized carbons (Fsp3) is 0.143. The molecule has 1 nitrogen and oxygen atoms in total. The van der Waals surface area contributed by atoms with Crippen molar-refractivity contribution in [2.45, 2.75) is 12.6 Å². The fourth-order valence-electron chi connectivity index (χ4n) is 1.70. The van der Waals surface area contributed by atoms with Gasteiger partial charge in [0.15, 0.2) is 0 Å². The molecule has 0 atom stereocenters. The van der Waals surface area contributed by atoms with E-state index in [1.54, 1.807) is 36.4 Å². The van der Waals surface area contributed by atoms with Gasteiger partial charge in [0.2, 0.25) is 0 Å². The number of alkyl halides is 3. The molecule has 0 aliphatic rings. The molecule has 18 heavy (non-hydrogen) atoms. The number of benzene rings is 2. The van der Waals surface area contributed by atoms with Gasteiger partial charge in [0, 0.05) is 0 Å². The van der Waals surface area contributed by atoms with Crippen LogP contribution in [0.1, 0.15) is 5.56 Å². The van der Waals surface area contributed by atoms with Gasteiger partial charge < -0.3 is 5.11 Å². The zero-order valence-electron chi connectivity index (χ0n) is 9.41. The van der Waals surface area contributed by atoms with Crippen LogP contribution in [0.4, 0.5) is 13.2 Å². The smallest absolute Gasteiger partial charge is 0.393 e. The van der Waals surface area contributed by atoms with Crippen LogP contribution in [0.25, 0.3) is 11.1 Å². The largest absolute Gasteiger partial charge is 0.508 e. The van der Waals surface area contributed by atoms with E-state index in [0.717, 1.165) is 11.1 Å². The number of phenols is 1. The molecule has 1 N–H and O–H groups in total. The van der Waals surface area contributed by atoms with Crippen molar-refractivity contribution in [3.05, 3.63) is 54.1 Å². The van der Waals surface area contributed by atoms with Crippen molar-refractivity contribution in [2.24, 2.45) is 0 Å². The van der Waals surface area contributed by atoms with Crippen LogP contribution >= 0.6 is 0 Å². The van der Waals surface area contributed by atoms with E-state index in [-0.39, 0.29) is 11.3 Å². The summed E-state index contributed by atoms with van der Waals surface area (Å²) in [5, 5.41) is 9.15. The first kappa shape index (κ1) is 12.5. The highest BCUT2D eigenvalue weighted by Crippen LogP contribution is 2.25. The van der Waals surface area contributed by atoms with Crippen LogP contribution in [0, 0.1) is 0 Å². The Labute approximate surface area is 103 Å². The van der Waals surface area contributed by atoms with Crippen molar-refractivity contribution in [2.75, 3.05) is 0 Å². The zero-order chi connectivity index (χ0) is 13.2. The predicted molar refractivity (Wildman–Crippen MR) is 63.3 cm³/mol. The summed E-state index contributed by atoms with van der Waals surface area (Å²) in [6.45, 7) is 0. The van der Waals surface area contributed by atoms with Gasteiger partial charge in [-0.25, -0.2) is 0 Å². The summed E-state index contributed by atoms with van der Waals surface area (Å²) in [5.74, 6) is 0.160. The molecule has 0 bridgehead atoms. The normalized spacial score (nSPS) is 11.5. The molecule has 0 saturated heterocycles. The van der Waals surface area contributed by atoms with Gasteiger partial charge in [-0.3, -0.25) is 0 Å². The second-order valence-corrected chi connectivity index (χ2v) is 4.04. The highest BCUT2D eigenvalue weighted by molar-refractivity contribution is 5.64. The Morgan fingerprint density at radius 3 is 1.67 bits per heavy atom. The minimum atomic E-state index is -4.18. The van der Waals surface area contributed by atoms with E-state index < -0.39 is 12.6 Å². The third-order valence-electron chi connectivity index (χ3n) is 2.56. The Morgan fingerprint density at radius 1 is 0.778 bits per heavy atom. The van der Waals surface area contributed by atoms with Crippen molar-refractivity contribution in [1.82, 2.24) is 0 Å². The topological polar surface area (TPSA) is 20.2 Å². The third-order valence-corrected chi connectivity index (χ3v) is 2.56. The number of aromatic hydroxyl groups is 1. The number of hydrogen-bond acceptors (Lipinski definition) is 1. The van der Waals surface area contributed by atoms with Gasteiger partial charge in [0.1, 0.15) is 5.75 Å². The Morgan fingerprint density at radius 2 is 1.22 bits per heavy atom. The molecule has 0 heterocycles. The molecule has 0 unspecified atom stereocenters. The molecule has 2 aromatic carbocycles. The second kappa shape index (κ2) is 4.72. The SMILES string of the molecule is Oc1ccc(-c2ccc(CC(F)(F)F)cc2)cc1. The molecule has 0 saturated carbocycles. The van der Waals surface area contributed by atoms with Crippen LogP contribution < -0.4 is 0 Å². The highest BCUT2D eigenvalue weighted by atomic mass is 19.4. The minimum absolute atomic E-state index is 0.160. The molecule has 0 radical (unpaired) electrons. The lowest BCUT2D eigenvalue weighted by Gasteiger charge is -2.07. The monoisotopic (exact) mass is 252 g/mol. The first-order chi connectivity index (χ1) is 8.44. The maximum absolute atomic E-state index is 12.2. The lowest BCUT2D eigenvalue weighted by Crippen LogP contribution is -2.11. The van der Waals surface area contributed by atoms with Crippen LogP contribution in [0.5, 0.6) is 5.75 Å². The standard InChI is InChI=1S/C14H11F3O/c15-14(16,17)9-10-1-3-11(4-2-10)12-5-7-13(18)8-6-12/h1-8,18H,9H2. The third kappa shape index (κ3) is 3.26. The molecule has 0 amide bonds. The molecule has 0 aromatic heterocycles. The quantitative estimate of drug-likeness (QED) is 0.850. The lowest BCUT2D eigenvalue weighted by molar-refractivity contribution is -0.127. The molecular formula is C14H11F3O. The van der Waals surface area contributed by atoms with E-state index in [0.29, 0.717) is 0 Å². The molecule has 0 aliphatic heterocycles. The molecular weight excluding hydrogens is 241 g/mol. The van der Waals surface area contributed by atoms with Gasteiger partial charge in [-0.2, -0.15) is 13.2 Å². The first-order valence-corrected chi connectivity index (χ1v) is 5.39. The molecule has 0 aliphatic carbocycles. The van der Waals surface area contributed by atoms with Crippen molar-refractivity contribution >= 4 is 0 Å². The molecule has 4 heteroatoms. The summed E-state index contributed by atoms with van der Waals surface area (Å²) in [6.07, 6.45) is -5.09. The predicted octanol–water partition coefficient (Wildman–Crippen LogP) is 4.16. The van der Waals surface area contributed by atoms with Gasteiger partial charge in [-0.05, 0) is 28.8 Å². The minimum Gasteiger partial charge on any atom is -0.508 e. The molecule has 2 aromatic rings. The van der Waals surface area contributed by atoms with E-state index in [1.165, 1.54) is 12.1 Å². The van der Waals surface area contributed by atoms with Gasteiger partial charge in [0.25, 0.3) is 0 Å². The Kier molecular flexibility index (Phi) is 3.28. The summed E-state index contributed by atoms with van der Waals surface area (Å²) in [5.41, 5.74) is 1.91. The maximum Gasteiger partial charge on any atom is 0.393 e. The lowest BCUT2D eigenvalue weighted by atomic mass is 10.0. The summed E-state index contributed by atoms with van der Waals surface area (Å²) < 4.78 is 36.5. The summed E-state index contributed by atoms with van der Waals surface area (Å²) >= 11 is 0. The molecule has 94 valence electrons. The number of hydrogen-bond donors (Lipinski definition) is 1. The van der Waals surface area contributed by atoms with E-state index in [9.17, 15) is 13.2 Å². The number of phenolic OH excluding ortho intramolecular Hbond substituents is 1. The van der Waals surface area contributed by atoms with Crippen molar-refractivity contribution < 1.29 is 18.3 Å². The van der Waals surface area contributed by atoms with Gasteiger partial charge >= 0.3 is 6.18 Å². The van der Waals surface area contributed by atoms with Gasteiger partial charge in [-0.1, -0.05) is 36.4 Å². The second-order valence-electron chi connectivity index (χ2n) is 4.04. The average Bonchev–Trinajstić information content (AvgIpc) is 2.29. The average molecular weight is 252 g/mol. The van der Waals surface area contributed by atoms with Crippen LogP contribution in [0.3, 0.4) is 0 Å². The maximum atomic E-state index is 12.2. The van der Waals surface area contributed by atoms with Crippen LogP contribution in [0.2, 0.25) is 0 Å². The van der Waals surface area contributed by atoms with Crippen LogP contribution in [-0.2, 0) is 6.42 Å². The van der Waals surface area contributed by atoms with Gasteiger partial charge in [0.05, 0.1) is 6.42 Å². The Bertz CT molecular complexity index is 512.